The Labute approximate surface area is 149 Å². The van der Waals surface area contributed by atoms with Gasteiger partial charge in [-0.15, -0.1) is 0 Å². The Kier molecular flexibility index (Phi) is 6.38. The van der Waals surface area contributed by atoms with E-state index in [1.165, 1.54) is 24.3 Å². The van der Waals surface area contributed by atoms with Crippen LogP contribution in [0, 0.1) is 23.4 Å². The van der Waals surface area contributed by atoms with Crippen molar-refractivity contribution < 1.29 is 22.8 Å². The second-order valence-corrected chi connectivity index (χ2v) is 6.14. The van der Waals surface area contributed by atoms with Gasteiger partial charge in [0, 0.05) is 6.54 Å². The highest BCUT2D eigenvalue weighted by Crippen LogP contribution is 2.13. The number of hydrogen-bond acceptors (Lipinski definition) is 2. The zero-order valence-corrected chi connectivity index (χ0v) is 14.4. The molecule has 2 aromatic rings. The summed E-state index contributed by atoms with van der Waals surface area (Å²) < 4.78 is 40.3. The molecule has 7 heteroatoms. The average Bonchev–Trinajstić information content (AvgIpc) is 2.58. The molecule has 0 radical (unpaired) electrons. The molecule has 2 aromatic carbocycles. The highest BCUT2D eigenvalue weighted by Gasteiger charge is 2.27. The monoisotopic (exact) mass is 364 g/mol. The van der Waals surface area contributed by atoms with Crippen LogP contribution in [0.1, 0.15) is 29.8 Å². The number of rotatable bonds is 6. The van der Waals surface area contributed by atoms with Crippen molar-refractivity contribution >= 4 is 11.8 Å². The van der Waals surface area contributed by atoms with Gasteiger partial charge >= 0.3 is 0 Å². The normalized spacial score (nSPS) is 11.9. The first-order chi connectivity index (χ1) is 12.3. The van der Waals surface area contributed by atoms with E-state index in [1.807, 2.05) is 0 Å². The van der Waals surface area contributed by atoms with Crippen LogP contribution in [0.5, 0.6) is 0 Å². The Morgan fingerprint density at radius 3 is 2.08 bits per heavy atom. The molecule has 0 aliphatic heterocycles. The van der Waals surface area contributed by atoms with Crippen molar-refractivity contribution in [2.24, 2.45) is 5.92 Å². The van der Waals surface area contributed by atoms with Crippen molar-refractivity contribution in [1.29, 1.82) is 0 Å². The lowest BCUT2D eigenvalue weighted by Gasteiger charge is -2.22. The minimum atomic E-state index is -1.00. The van der Waals surface area contributed by atoms with Crippen LogP contribution in [0.4, 0.5) is 13.2 Å². The molecule has 0 heterocycles. The van der Waals surface area contributed by atoms with Crippen LogP contribution in [-0.2, 0) is 11.3 Å². The summed E-state index contributed by atoms with van der Waals surface area (Å²) in [4.78, 5) is 24.6. The maximum atomic E-state index is 13.7. The molecule has 0 saturated carbocycles. The van der Waals surface area contributed by atoms with Crippen molar-refractivity contribution in [2.75, 3.05) is 0 Å². The third-order valence-electron chi connectivity index (χ3n) is 3.81. The van der Waals surface area contributed by atoms with E-state index in [4.69, 9.17) is 0 Å². The van der Waals surface area contributed by atoms with Gasteiger partial charge in [0.05, 0.1) is 0 Å². The van der Waals surface area contributed by atoms with Gasteiger partial charge in [0.1, 0.15) is 29.1 Å². The van der Waals surface area contributed by atoms with Crippen molar-refractivity contribution in [3.63, 3.8) is 0 Å². The van der Waals surface area contributed by atoms with Crippen LogP contribution < -0.4 is 10.6 Å². The van der Waals surface area contributed by atoms with E-state index in [2.05, 4.69) is 10.6 Å². The molecule has 138 valence electrons. The predicted molar refractivity (Wildman–Crippen MR) is 90.7 cm³/mol. The number of nitrogens with one attached hydrogen (secondary N) is 2. The maximum Gasteiger partial charge on any atom is 0.257 e. The molecule has 2 amide bonds. The summed E-state index contributed by atoms with van der Waals surface area (Å²) >= 11 is 0. The number of carbonyl (C=O) groups excluding carboxylic acids is 2. The van der Waals surface area contributed by atoms with Gasteiger partial charge in [-0.05, 0) is 35.7 Å². The molecule has 0 spiro atoms. The fraction of sp³-hybridized carbons (Fsp3) is 0.263. The minimum absolute atomic E-state index is 0.131. The molecule has 4 nitrogen and oxygen atoms in total. The Bertz CT molecular complexity index is 772. The van der Waals surface area contributed by atoms with Crippen LogP contribution in [0.3, 0.4) is 0 Å². The predicted octanol–water partition coefficient (Wildman–Crippen LogP) is 3.17. The van der Waals surface area contributed by atoms with Crippen molar-refractivity contribution in [2.45, 2.75) is 26.4 Å². The maximum absolute atomic E-state index is 13.7. The largest absolute Gasteiger partial charge is 0.350 e. The average molecular weight is 364 g/mol. The summed E-state index contributed by atoms with van der Waals surface area (Å²) in [7, 11) is 0. The Balaban J connectivity index is 2.06. The Morgan fingerprint density at radius 2 is 1.54 bits per heavy atom. The molecule has 0 fully saturated rings. The second kappa shape index (κ2) is 8.51. The summed E-state index contributed by atoms with van der Waals surface area (Å²) in [6.07, 6.45) is 0. The van der Waals surface area contributed by atoms with Gasteiger partial charge in [0.15, 0.2) is 0 Å². The molecule has 0 unspecified atom stereocenters. The SMILES string of the molecule is CC(C)[C@@H](NC(=O)c1c(F)cccc1F)C(=O)NCc1ccc(F)cc1. The molecule has 2 N–H and O–H groups in total. The van der Waals surface area contributed by atoms with Crippen LogP contribution in [0.25, 0.3) is 0 Å². The number of carbonyl (C=O) groups is 2. The summed E-state index contributed by atoms with van der Waals surface area (Å²) in [5, 5.41) is 4.99. The molecule has 26 heavy (non-hydrogen) atoms. The van der Waals surface area contributed by atoms with Crippen molar-refractivity contribution in [3.8, 4) is 0 Å². The Morgan fingerprint density at radius 1 is 0.962 bits per heavy atom. The van der Waals surface area contributed by atoms with Gasteiger partial charge in [0.25, 0.3) is 5.91 Å². The first kappa shape index (κ1) is 19.5. The highest BCUT2D eigenvalue weighted by atomic mass is 19.1. The van der Waals surface area contributed by atoms with Gasteiger partial charge < -0.3 is 10.6 Å². The van der Waals surface area contributed by atoms with E-state index >= 15 is 0 Å². The van der Waals surface area contributed by atoms with E-state index in [1.54, 1.807) is 13.8 Å². The fourth-order valence-electron chi connectivity index (χ4n) is 2.36. The van der Waals surface area contributed by atoms with Gasteiger partial charge in [-0.1, -0.05) is 32.0 Å². The third-order valence-corrected chi connectivity index (χ3v) is 3.81. The summed E-state index contributed by atoms with van der Waals surface area (Å²) in [5.41, 5.74) is -0.0572. The van der Waals surface area contributed by atoms with Crippen molar-refractivity contribution in [1.82, 2.24) is 10.6 Å². The number of benzene rings is 2. The van der Waals surface area contributed by atoms with Crippen molar-refractivity contribution in [3.05, 3.63) is 71.0 Å². The smallest absolute Gasteiger partial charge is 0.257 e. The lowest BCUT2D eigenvalue weighted by Crippen LogP contribution is -2.49. The topological polar surface area (TPSA) is 58.2 Å². The quantitative estimate of drug-likeness (QED) is 0.827. The molecule has 0 aliphatic carbocycles. The zero-order chi connectivity index (χ0) is 19.3. The zero-order valence-electron chi connectivity index (χ0n) is 14.4. The number of amides is 2. The van der Waals surface area contributed by atoms with E-state index in [0.717, 1.165) is 18.2 Å². The van der Waals surface area contributed by atoms with Crippen LogP contribution in [0.2, 0.25) is 0 Å². The van der Waals surface area contributed by atoms with Gasteiger partial charge in [-0.2, -0.15) is 0 Å². The van der Waals surface area contributed by atoms with E-state index < -0.39 is 35.1 Å². The Hall–Kier alpha value is -2.83. The number of hydrogen-bond donors (Lipinski definition) is 2. The molecular formula is C19H19F3N2O2. The third kappa shape index (κ3) is 4.84. The fourth-order valence-corrected chi connectivity index (χ4v) is 2.36. The van der Waals surface area contributed by atoms with Gasteiger partial charge in [0.2, 0.25) is 5.91 Å². The molecule has 0 bridgehead atoms. The van der Waals surface area contributed by atoms with Crippen LogP contribution in [0.15, 0.2) is 42.5 Å². The van der Waals surface area contributed by atoms with Gasteiger partial charge in [-0.3, -0.25) is 9.59 Å². The van der Waals surface area contributed by atoms with E-state index in [9.17, 15) is 22.8 Å². The summed E-state index contributed by atoms with van der Waals surface area (Å²) in [6, 6.07) is 7.68. The number of halogens is 3. The minimum Gasteiger partial charge on any atom is -0.350 e. The second-order valence-electron chi connectivity index (χ2n) is 6.14. The highest BCUT2D eigenvalue weighted by molar-refractivity contribution is 5.98. The first-order valence-electron chi connectivity index (χ1n) is 8.06. The van der Waals surface area contributed by atoms with E-state index in [0.29, 0.717) is 5.56 Å². The summed E-state index contributed by atoms with van der Waals surface area (Å²) in [6.45, 7) is 3.52. The van der Waals surface area contributed by atoms with Crippen LogP contribution >= 0.6 is 0 Å². The first-order valence-corrected chi connectivity index (χ1v) is 8.06. The molecule has 0 saturated heterocycles. The summed E-state index contributed by atoms with van der Waals surface area (Å²) in [5.74, 6) is -4.22. The lowest BCUT2D eigenvalue weighted by atomic mass is 10.0. The van der Waals surface area contributed by atoms with E-state index in [-0.39, 0.29) is 18.3 Å². The molecule has 1 atom stereocenters. The lowest BCUT2D eigenvalue weighted by molar-refractivity contribution is -0.124. The molecule has 0 aromatic heterocycles. The molecule has 0 aliphatic rings. The van der Waals surface area contributed by atoms with Crippen LogP contribution in [-0.4, -0.2) is 17.9 Å². The standard InChI is InChI=1S/C19H19F3N2O2/c1-11(2)17(19(26)23-10-12-6-8-13(20)9-7-12)24-18(25)16-14(21)4-3-5-15(16)22/h3-9,11,17H,10H2,1-2H3,(H,23,26)(H,24,25)/t17-/m1/s1. The molecule has 2 rings (SSSR count). The van der Waals surface area contributed by atoms with Gasteiger partial charge in [-0.25, -0.2) is 13.2 Å². The molecular weight excluding hydrogens is 345 g/mol.